The molecule has 1 amide bonds. The minimum atomic E-state index is -0.771. The zero-order chi connectivity index (χ0) is 12.1. The number of rotatable bonds is 1. The SMILES string of the molecule is COC(=O)c1cc(N)ccc1C#CC(N)=O. The third-order valence-electron chi connectivity index (χ3n) is 1.77. The number of methoxy groups -OCH3 is 1. The molecule has 0 bridgehead atoms. The van der Waals surface area contributed by atoms with Crippen LogP contribution in [0.4, 0.5) is 5.69 Å². The number of anilines is 1. The monoisotopic (exact) mass is 218 g/mol. The van der Waals surface area contributed by atoms with Crippen LogP contribution < -0.4 is 11.5 Å². The molecule has 0 aliphatic heterocycles. The van der Waals surface area contributed by atoms with Gasteiger partial charge in [0, 0.05) is 17.2 Å². The van der Waals surface area contributed by atoms with Gasteiger partial charge in [0.05, 0.1) is 12.7 Å². The summed E-state index contributed by atoms with van der Waals surface area (Å²) in [5.41, 5.74) is 11.4. The van der Waals surface area contributed by atoms with Crippen LogP contribution in [0.5, 0.6) is 0 Å². The fourth-order valence-electron chi connectivity index (χ4n) is 1.08. The minimum absolute atomic E-state index is 0.205. The van der Waals surface area contributed by atoms with E-state index < -0.39 is 11.9 Å². The van der Waals surface area contributed by atoms with Crippen LogP contribution in [0, 0.1) is 11.8 Å². The Hall–Kier alpha value is -2.48. The van der Waals surface area contributed by atoms with E-state index in [1.165, 1.54) is 19.2 Å². The van der Waals surface area contributed by atoms with Crippen LogP contribution in [0.3, 0.4) is 0 Å². The van der Waals surface area contributed by atoms with E-state index in [1.807, 2.05) is 0 Å². The number of hydrogen-bond acceptors (Lipinski definition) is 4. The molecule has 1 aromatic carbocycles. The number of nitrogen functional groups attached to an aromatic ring is 1. The fraction of sp³-hybridized carbons (Fsp3) is 0.0909. The lowest BCUT2D eigenvalue weighted by Crippen LogP contribution is -2.08. The molecule has 5 heteroatoms. The Balaban J connectivity index is 3.24. The number of carbonyl (C=O) groups excluding carboxylic acids is 2. The van der Waals surface area contributed by atoms with E-state index in [0.717, 1.165) is 0 Å². The highest BCUT2D eigenvalue weighted by atomic mass is 16.5. The quantitative estimate of drug-likeness (QED) is 0.390. The second-order valence-electron chi connectivity index (χ2n) is 2.91. The number of primary amides is 1. The number of ether oxygens (including phenoxy) is 1. The molecule has 0 aliphatic carbocycles. The number of carbonyl (C=O) groups is 2. The average Bonchev–Trinajstić information content (AvgIpc) is 2.26. The van der Waals surface area contributed by atoms with E-state index in [2.05, 4.69) is 16.6 Å². The summed E-state index contributed by atoms with van der Waals surface area (Å²) < 4.78 is 4.56. The number of hydrogen-bond donors (Lipinski definition) is 2. The van der Waals surface area contributed by atoms with Gasteiger partial charge in [-0.25, -0.2) is 4.79 Å². The Morgan fingerprint density at radius 3 is 2.62 bits per heavy atom. The predicted octanol–water partition coefficient (Wildman–Crippen LogP) is -0.108. The number of nitrogens with two attached hydrogens (primary N) is 2. The van der Waals surface area contributed by atoms with Crippen molar-refractivity contribution in [2.24, 2.45) is 5.73 Å². The lowest BCUT2D eigenvalue weighted by molar-refractivity contribution is -0.112. The molecule has 0 aliphatic rings. The van der Waals surface area contributed by atoms with Crippen LogP contribution in [0.25, 0.3) is 0 Å². The molecule has 0 heterocycles. The maximum Gasteiger partial charge on any atom is 0.339 e. The van der Waals surface area contributed by atoms with Gasteiger partial charge < -0.3 is 16.2 Å². The van der Waals surface area contributed by atoms with Crippen molar-refractivity contribution in [1.29, 1.82) is 0 Å². The first kappa shape index (κ1) is 11.6. The highest BCUT2D eigenvalue weighted by molar-refractivity contribution is 5.96. The molecule has 0 saturated heterocycles. The van der Waals surface area contributed by atoms with Crippen LogP contribution in [-0.2, 0) is 9.53 Å². The van der Waals surface area contributed by atoms with Crippen LogP contribution in [-0.4, -0.2) is 19.0 Å². The molecule has 4 N–H and O–H groups in total. The van der Waals surface area contributed by atoms with E-state index in [0.29, 0.717) is 11.3 Å². The Morgan fingerprint density at radius 1 is 1.38 bits per heavy atom. The highest BCUT2D eigenvalue weighted by Crippen LogP contribution is 2.13. The molecule has 0 radical (unpaired) electrons. The molecule has 1 aromatic rings. The summed E-state index contributed by atoms with van der Waals surface area (Å²) >= 11 is 0. The summed E-state index contributed by atoms with van der Waals surface area (Å²) in [5, 5.41) is 0. The molecule has 16 heavy (non-hydrogen) atoms. The number of benzene rings is 1. The standard InChI is InChI=1S/C11H10N2O3/c1-16-11(15)9-6-8(12)4-2-7(9)3-5-10(13)14/h2,4,6H,12H2,1H3,(H2,13,14). The predicted molar refractivity (Wildman–Crippen MR) is 58.3 cm³/mol. The molecule has 0 unspecified atom stereocenters. The molecule has 0 saturated carbocycles. The lowest BCUT2D eigenvalue weighted by atomic mass is 10.1. The van der Waals surface area contributed by atoms with Gasteiger partial charge in [-0.1, -0.05) is 5.92 Å². The fourth-order valence-corrected chi connectivity index (χ4v) is 1.08. The molecule has 0 atom stereocenters. The zero-order valence-electron chi connectivity index (χ0n) is 8.61. The molecule has 0 fully saturated rings. The second kappa shape index (κ2) is 4.84. The van der Waals surface area contributed by atoms with Crippen LogP contribution >= 0.6 is 0 Å². The summed E-state index contributed by atoms with van der Waals surface area (Å²) in [6, 6.07) is 4.52. The first-order valence-electron chi connectivity index (χ1n) is 4.34. The topological polar surface area (TPSA) is 95.4 Å². The number of esters is 1. The summed E-state index contributed by atoms with van der Waals surface area (Å²) in [7, 11) is 1.25. The third-order valence-corrected chi connectivity index (χ3v) is 1.77. The van der Waals surface area contributed by atoms with Gasteiger partial charge in [-0.15, -0.1) is 0 Å². The Labute approximate surface area is 92.4 Å². The second-order valence-corrected chi connectivity index (χ2v) is 2.91. The Morgan fingerprint density at radius 2 is 2.06 bits per heavy atom. The first-order valence-corrected chi connectivity index (χ1v) is 4.34. The van der Waals surface area contributed by atoms with Gasteiger partial charge in [-0.05, 0) is 18.2 Å². The van der Waals surface area contributed by atoms with Crippen LogP contribution in [0.2, 0.25) is 0 Å². The van der Waals surface area contributed by atoms with Gasteiger partial charge in [0.1, 0.15) is 0 Å². The van der Waals surface area contributed by atoms with E-state index in [-0.39, 0.29) is 5.56 Å². The van der Waals surface area contributed by atoms with Crippen molar-refractivity contribution in [3.8, 4) is 11.8 Å². The molecule has 5 nitrogen and oxygen atoms in total. The largest absolute Gasteiger partial charge is 0.465 e. The normalized spacial score (nSPS) is 8.81. The Kier molecular flexibility index (Phi) is 3.51. The van der Waals surface area contributed by atoms with Gasteiger partial charge in [0.25, 0.3) is 5.91 Å². The zero-order valence-corrected chi connectivity index (χ0v) is 8.61. The van der Waals surface area contributed by atoms with Crippen molar-refractivity contribution in [2.45, 2.75) is 0 Å². The van der Waals surface area contributed by atoms with E-state index in [9.17, 15) is 9.59 Å². The lowest BCUT2D eigenvalue weighted by Gasteiger charge is -2.03. The van der Waals surface area contributed by atoms with Crippen molar-refractivity contribution in [1.82, 2.24) is 0 Å². The van der Waals surface area contributed by atoms with Gasteiger partial charge >= 0.3 is 5.97 Å². The van der Waals surface area contributed by atoms with Crippen molar-refractivity contribution < 1.29 is 14.3 Å². The summed E-state index contributed by atoms with van der Waals surface area (Å²) in [5.74, 6) is 3.28. The van der Waals surface area contributed by atoms with E-state index in [4.69, 9.17) is 11.5 Å². The van der Waals surface area contributed by atoms with Gasteiger partial charge in [0.2, 0.25) is 0 Å². The molecule has 0 aromatic heterocycles. The van der Waals surface area contributed by atoms with E-state index >= 15 is 0 Å². The molecule has 1 rings (SSSR count). The molecule has 82 valence electrons. The Bertz CT molecular complexity index is 498. The molecular weight excluding hydrogens is 208 g/mol. The maximum atomic E-state index is 11.4. The average molecular weight is 218 g/mol. The highest BCUT2D eigenvalue weighted by Gasteiger charge is 2.10. The maximum absolute atomic E-state index is 11.4. The summed E-state index contributed by atoms with van der Waals surface area (Å²) in [6.07, 6.45) is 0. The number of amides is 1. The van der Waals surface area contributed by atoms with Gasteiger partial charge in [-0.2, -0.15) is 0 Å². The van der Waals surface area contributed by atoms with Crippen LogP contribution in [0.1, 0.15) is 15.9 Å². The first-order chi connectivity index (χ1) is 7.54. The minimum Gasteiger partial charge on any atom is -0.465 e. The molecular formula is C11H10N2O3. The van der Waals surface area contributed by atoms with Crippen molar-refractivity contribution in [3.05, 3.63) is 29.3 Å². The van der Waals surface area contributed by atoms with Crippen LogP contribution in [0.15, 0.2) is 18.2 Å². The van der Waals surface area contributed by atoms with Crippen molar-refractivity contribution in [2.75, 3.05) is 12.8 Å². The van der Waals surface area contributed by atoms with E-state index in [1.54, 1.807) is 6.07 Å². The smallest absolute Gasteiger partial charge is 0.339 e. The van der Waals surface area contributed by atoms with Crippen molar-refractivity contribution >= 4 is 17.6 Å². The van der Waals surface area contributed by atoms with Gasteiger partial charge in [-0.3, -0.25) is 4.79 Å². The third kappa shape index (κ3) is 2.75. The van der Waals surface area contributed by atoms with Crippen molar-refractivity contribution in [3.63, 3.8) is 0 Å². The van der Waals surface area contributed by atoms with Gasteiger partial charge in [0.15, 0.2) is 0 Å². The molecule has 0 spiro atoms. The summed E-state index contributed by atoms with van der Waals surface area (Å²) in [6.45, 7) is 0. The summed E-state index contributed by atoms with van der Waals surface area (Å²) in [4.78, 5) is 21.9.